The maximum atomic E-state index is 9.92. The van der Waals surface area contributed by atoms with Crippen LogP contribution in [0.5, 0.6) is 5.75 Å². The minimum Gasteiger partial charge on any atom is -0.507 e. The lowest BCUT2D eigenvalue weighted by Crippen LogP contribution is -2.00. The van der Waals surface area contributed by atoms with Crippen molar-refractivity contribution in [3.8, 4) is 5.75 Å². The predicted octanol–water partition coefficient (Wildman–Crippen LogP) is 2.34. The summed E-state index contributed by atoms with van der Waals surface area (Å²) < 4.78 is 1.60. The molecule has 0 fully saturated rings. The molecule has 5 nitrogen and oxygen atoms in total. The van der Waals surface area contributed by atoms with E-state index in [0.29, 0.717) is 12.2 Å². The fourth-order valence-corrected chi connectivity index (χ4v) is 1.85. The van der Waals surface area contributed by atoms with Gasteiger partial charge in [0.2, 0.25) is 6.67 Å². The number of azo groups is 1. The van der Waals surface area contributed by atoms with E-state index in [9.17, 15) is 5.11 Å². The molecule has 5 heteroatoms. The molecule has 0 aliphatic carbocycles. The van der Waals surface area contributed by atoms with Crippen LogP contribution in [0.2, 0.25) is 0 Å². The number of phenolic OH excluding ortho intramolecular Hbond substituents is 1. The predicted molar refractivity (Wildman–Crippen MR) is 69.3 cm³/mol. The van der Waals surface area contributed by atoms with Gasteiger partial charge in [-0.25, -0.2) is 0 Å². The lowest BCUT2D eigenvalue weighted by atomic mass is 10.0. The normalized spacial score (nSPS) is 14.6. The average molecular weight is 239 g/mol. The van der Waals surface area contributed by atoms with Crippen LogP contribution in [0.25, 0.3) is 10.8 Å². The van der Waals surface area contributed by atoms with Gasteiger partial charge in [0, 0.05) is 5.56 Å². The first kappa shape index (κ1) is 10.6. The van der Waals surface area contributed by atoms with E-state index >= 15 is 0 Å². The molecule has 0 spiro atoms. The largest absolute Gasteiger partial charge is 0.507 e. The van der Waals surface area contributed by atoms with Crippen molar-refractivity contribution in [2.24, 2.45) is 15.3 Å². The Morgan fingerprint density at radius 2 is 2.11 bits per heavy atom. The second kappa shape index (κ2) is 4.37. The summed E-state index contributed by atoms with van der Waals surface area (Å²) in [5.41, 5.74) is 0.702. The van der Waals surface area contributed by atoms with E-state index in [1.807, 2.05) is 30.3 Å². The first-order chi connectivity index (χ1) is 8.84. The molecule has 3 rings (SSSR count). The summed E-state index contributed by atoms with van der Waals surface area (Å²) in [6.45, 7) is 0.419. The molecule has 1 aliphatic rings. The summed E-state index contributed by atoms with van der Waals surface area (Å²) in [5.74, 6) is 0.213. The molecule has 2 aromatic carbocycles. The van der Waals surface area contributed by atoms with Crippen molar-refractivity contribution in [3.05, 3.63) is 42.0 Å². The number of aromatic hydroxyl groups is 1. The van der Waals surface area contributed by atoms with E-state index < -0.39 is 0 Å². The number of fused-ring (bicyclic) bond motifs is 1. The summed E-state index contributed by atoms with van der Waals surface area (Å²) in [6.07, 6.45) is 3.17. The standard InChI is InChI=1S/C13H10N4O/c18-13-6-5-10-3-1-2-4-11(10)12(13)7-16-17-8-14-15-9-17/h1-8H,9H2/p+1. The number of hydrazone groups is 1. The Hall–Kier alpha value is -2.56. The third-order valence-corrected chi connectivity index (χ3v) is 2.76. The second-order valence-corrected chi connectivity index (χ2v) is 3.92. The zero-order valence-corrected chi connectivity index (χ0v) is 9.56. The second-order valence-electron chi connectivity index (χ2n) is 3.92. The fourth-order valence-electron chi connectivity index (χ4n) is 1.85. The third kappa shape index (κ3) is 1.86. The zero-order valence-electron chi connectivity index (χ0n) is 9.56. The van der Waals surface area contributed by atoms with Gasteiger partial charge < -0.3 is 5.11 Å². The van der Waals surface area contributed by atoms with Crippen molar-refractivity contribution in [1.29, 1.82) is 0 Å². The van der Waals surface area contributed by atoms with Gasteiger partial charge in [-0.3, -0.25) is 0 Å². The minimum absolute atomic E-state index is 0.213. The number of phenols is 1. The molecule has 88 valence electrons. The van der Waals surface area contributed by atoms with Crippen LogP contribution in [0.4, 0.5) is 0 Å². The highest BCUT2D eigenvalue weighted by molar-refractivity contribution is 6.02. The van der Waals surface area contributed by atoms with Gasteiger partial charge in [0.15, 0.2) is 0 Å². The Labute approximate surface area is 103 Å². The summed E-state index contributed by atoms with van der Waals surface area (Å²) in [6, 6.07) is 11.4. The minimum atomic E-state index is 0.213. The molecule has 0 saturated carbocycles. The highest BCUT2D eigenvalue weighted by Crippen LogP contribution is 2.25. The molecule has 0 amide bonds. The quantitative estimate of drug-likeness (QED) is 0.634. The van der Waals surface area contributed by atoms with Crippen LogP contribution in [-0.4, -0.2) is 29.0 Å². The molecule has 1 aliphatic heterocycles. The van der Waals surface area contributed by atoms with Gasteiger partial charge in [0.25, 0.3) is 0 Å². The maximum absolute atomic E-state index is 9.92. The molecule has 0 unspecified atom stereocenters. The highest BCUT2D eigenvalue weighted by atomic mass is 16.3. The van der Waals surface area contributed by atoms with Crippen molar-refractivity contribution in [1.82, 2.24) is 0 Å². The summed E-state index contributed by atoms with van der Waals surface area (Å²) in [7, 11) is 0. The summed E-state index contributed by atoms with van der Waals surface area (Å²) in [4.78, 5) is 0. The fraction of sp³-hybridized carbons (Fsp3) is 0.0769. The lowest BCUT2D eigenvalue weighted by Gasteiger charge is -2.03. The number of benzene rings is 2. The maximum Gasteiger partial charge on any atom is 0.336 e. The lowest BCUT2D eigenvalue weighted by molar-refractivity contribution is -0.521. The van der Waals surface area contributed by atoms with E-state index in [0.717, 1.165) is 10.8 Å². The van der Waals surface area contributed by atoms with Gasteiger partial charge in [-0.2, -0.15) is 0 Å². The molecule has 0 bridgehead atoms. The molecule has 1 heterocycles. The Morgan fingerprint density at radius 1 is 1.22 bits per heavy atom. The van der Waals surface area contributed by atoms with E-state index in [4.69, 9.17) is 0 Å². The van der Waals surface area contributed by atoms with Crippen LogP contribution in [0.15, 0.2) is 51.7 Å². The first-order valence-electron chi connectivity index (χ1n) is 5.56. The summed E-state index contributed by atoms with van der Waals surface area (Å²) in [5, 5.41) is 23.7. The Bertz CT molecular complexity index is 688. The van der Waals surface area contributed by atoms with Gasteiger partial charge >= 0.3 is 6.34 Å². The van der Waals surface area contributed by atoms with Crippen LogP contribution in [0.3, 0.4) is 0 Å². The zero-order chi connectivity index (χ0) is 12.4. The monoisotopic (exact) mass is 239 g/mol. The highest BCUT2D eigenvalue weighted by Gasteiger charge is 2.07. The number of hydrogen-bond acceptors (Lipinski definition) is 4. The van der Waals surface area contributed by atoms with Gasteiger partial charge in [0.1, 0.15) is 5.75 Å². The molecule has 0 aromatic heterocycles. The summed E-state index contributed by atoms with van der Waals surface area (Å²) >= 11 is 0. The topological polar surface area (TPSA) is 60.3 Å². The van der Waals surface area contributed by atoms with Crippen LogP contribution in [-0.2, 0) is 0 Å². The Balaban J connectivity index is 2.07. The molecule has 0 radical (unpaired) electrons. The van der Waals surface area contributed by atoms with E-state index in [2.05, 4.69) is 15.3 Å². The molecule has 2 aromatic rings. The van der Waals surface area contributed by atoms with Gasteiger partial charge in [-0.1, -0.05) is 35.4 Å². The molecule has 18 heavy (non-hydrogen) atoms. The number of hydrogen-bond donors (Lipinski definition) is 1. The Kier molecular flexibility index (Phi) is 2.57. The van der Waals surface area contributed by atoms with Crippen molar-refractivity contribution in [3.63, 3.8) is 0 Å². The van der Waals surface area contributed by atoms with Crippen LogP contribution in [0, 0.1) is 0 Å². The Morgan fingerprint density at radius 3 is 2.94 bits per heavy atom. The van der Waals surface area contributed by atoms with Crippen LogP contribution < -0.4 is 0 Å². The van der Waals surface area contributed by atoms with Gasteiger partial charge in [0.05, 0.1) is 11.3 Å². The average Bonchev–Trinajstić information content (AvgIpc) is 2.91. The van der Waals surface area contributed by atoms with Crippen molar-refractivity contribution >= 4 is 23.3 Å². The van der Waals surface area contributed by atoms with E-state index in [-0.39, 0.29) is 5.75 Å². The molecular weight excluding hydrogens is 228 g/mol. The number of rotatable bonds is 2. The van der Waals surface area contributed by atoms with E-state index in [1.54, 1.807) is 23.3 Å². The smallest absolute Gasteiger partial charge is 0.336 e. The van der Waals surface area contributed by atoms with Crippen molar-refractivity contribution in [2.75, 3.05) is 6.67 Å². The van der Waals surface area contributed by atoms with Gasteiger partial charge in [-0.15, -0.1) is 4.68 Å². The molecule has 0 saturated heterocycles. The van der Waals surface area contributed by atoms with Crippen molar-refractivity contribution < 1.29 is 9.79 Å². The molecular formula is C13H11N4O+. The third-order valence-electron chi connectivity index (χ3n) is 2.76. The van der Waals surface area contributed by atoms with Crippen LogP contribution >= 0.6 is 0 Å². The molecule has 0 atom stereocenters. The first-order valence-corrected chi connectivity index (χ1v) is 5.56. The number of nitrogens with zero attached hydrogens (tertiary/aromatic N) is 4. The molecule has 1 N–H and O–H groups in total. The van der Waals surface area contributed by atoms with Gasteiger partial charge in [-0.05, 0) is 22.0 Å². The van der Waals surface area contributed by atoms with E-state index in [1.165, 1.54) is 0 Å². The van der Waals surface area contributed by atoms with Crippen LogP contribution in [0.1, 0.15) is 5.56 Å². The SMILES string of the molecule is Oc1ccc2ccccc2c1/C=N/[N+]1=CN=NC1. The van der Waals surface area contributed by atoms with Crippen molar-refractivity contribution in [2.45, 2.75) is 0 Å².